The van der Waals surface area contributed by atoms with Crippen LogP contribution in [0.5, 0.6) is 0 Å². The first kappa shape index (κ1) is 19.6. The fraction of sp³-hybridized carbons (Fsp3) is 0.409. The van der Waals surface area contributed by atoms with Gasteiger partial charge in [0.15, 0.2) is 9.84 Å². The second-order valence-corrected chi connectivity index (χ2v) is 9.59. The molecule has 4 nitrogen and oxygen atoms in total. The number of carbonyl (C=O) groups is 1. The number of nitrogens with zero attached hydrogens (tertiary/aromatic N) is 1. The normalized spacial score (nSPS) is 14.1. The lowest BCUT2D eigenvalue weighted by Gasteiger charge is -2.31. The minimum atomic E-state index is -3.41. The van der Waals surface area contributed by atoms with E-state index in [9.17, 15) is 13.2 Å². The average molecular weight is 386 g/mol. The number of anilines is 1. The second-order valence-electron chi connectivity index (χ2n) is 7.41. The topological polar surface area (TPSA) is 54.5 Å². The summed E-state index contributed by atoms with van der Waals surface area (Å²) in [6.45, 7) is 4.65. The largest absolute Gasteiger partial charge is 0.311 e. The van der Waals surface area contributed by atoms with E-state index in [0.29, 0.717) is 19.4 Å². The van der Waals surface area contributed by atoms with Crippen molar-refractivity contribution in [1.29, 1.82) is 0 Å². The van der Waals surface area contributed by atoms with E-state index in [1.165, 1.54) is 11.1 Å². The van der Waals surface area contributed by atoms with Crippen LogP contribution < -0.4 is 4.90 Å². The lowest BCUT2D eigenvalue weighted by atomic mass is 9.95. The van der Waals surface area contributed by atoms with Crippen molar-refractivity contribution in [3.63, 3.8) is 0 Å². The molecule has 0 unspecified atom stereocenters. The van der Waals surface area contributed by atoms with Gasteiger partial charge in [0.05, 0.1) is 5.75 Å². The number of hydrogen-bond acceptors (Lipinski definition) is 3. The number of fused-ring (bicyclic) bond motifs is 1. The van der Waals surface area contributed by atoms with E-state index in [1.54, 1.807) is 4.90 Å². The average Bonchev–Trinajstić information content (AvgIpc) is 2.61. The first-order valence-corrected chi connectivity index (χ1v) is 11.3. The molecule has 0 N–H and O–H groups in total. The number of sulfone groups is 1. The first-order chi connectivity index (χ1) is 12.9. The Kier molecular flexibility index (Phi) is 6.00. The molecule has 2 aromatic carbocycles. The zero-order valence-electron chi connectivity index (χ0n) is 16.1. The van der Waals surface area contributed by atoms with Gasteiger partial charge in [-0.05, 0) is 67.9 Å². The van der Waals surface area contributed by atoms with Crippen molar-refractivity contribution in [2.24, 2.45) is 0 Å². The van der Waals surface area contributed by atoms with Crippen LogP contribution in [-0.2, 0) is 27.5 Å². The summed E-state index contributed by atoms with van der Waals surface area (Å²) in [5.41, 5.74) is 5.45. The van der Waals surface area contributed by atoms with Gasteiger partial charge in [-0.1, -0.05) is 36.4 Å². The summed E-state index contributed by atoms with van der Waals surface area (Å²) in [5, 5.41) is 0. The molecule has 5 heteroatoms. The van der Waals surface area contributed by atoms with Crippen LogP contribution in [0.15, 0.2) is 42.5 Å². The van der Waals surface area contributed by atoms with Crippen LogP contribution in [0.25, 0.3) is 0 Å². The van der Waals surface area contributed by atoms with E-state index in [0.717, 1.165) is 29.7 Å². The predicted molar refractivity (Wildman–Crippen MR) is 110 cm³/mol. The van der Waals surface area contributed by atoms with E-state index in [4.69, 9.17) is 0 Å². The third kappa shape index (κ3) is 4.98. The highest BCUT2D eigenvalue weighted by Gasteiger charge is 2.27. The van der Waals surface area contributed by atoms with Gasteiger partial charge in [0, 0.05) is 12.2 Å². The maximum atomic E-state index is 12.8. The number of amides is 1. The van der Waals surface area contributed by atoms with Crippen LogP contribution >= 0.6 is 0 Å². The Labute approximate surface area is 162 Å². The molecule has 144 valence electrons. The Morgan fingerprint density at radius 2 is 1.85 bits per heavy atom. The molecule has 27 heavy (non-hydrogen) atoms. The molecule has 0 saturated carbocycles. The molecule has 0 aliphatic carbocycles. The molecular weight excluding hydrogens is 358 g/mol. The zero-order valence-corrected chi connectivity index (χ0v) is 16.9. The Morgan fingerprint density at radius 1 is 1.11 bits per heavy atom. The van der Waals surface area contributed by atoms with Crippen LogP contribution in [0.1, 0.15) is 35.1 Å². The van der Waals surface area contributed by atoms with Crippen LogP contribution in [0.3, 0.4) is 0 Å². The lowest BCUT2D eigenvalue weighted by Crippen LogP contribution is -2.40. The molecule has 1 aliphatic heterocycles. The summed E-state index contributed by atoms with van der Waals surface area (Å²) < 4.78 is 24.9. The smallest absolute Gasteiger partial charge is 0.242 e. The van der Waals surface area contributed by atoms with E-state index < -0.39 is 15.6 Å². The molecule has 0 bridgehead atoms. The maximum Gasteiger partial charge on any atom is 0.242 e. The van der Waals surface area contributed by atoms with Crippen LogP contribution in [0, 0.1) is 13.8 Å². The SMILES string of the molecule is Cc1cc(C)c2c(c1)N(C(=O)CS(=O)(=O)CCCc1ccccc1)CCC2. The van der Waals surface area contributed by atoms with Gasteiger partial charge in [-0.15, -0.1) is 0 Å². The summed E-state index contributed by atoms with van der Waals surface area (Å²) in [6, 6.07) is 13.9. The molecule has 1 amide bonds. The number of carbonyl (C=O) groups excluding carboxylic acids is 1. The van der Waals surface area contributed by atoms with E-state index in [2.05, 4.69) is 13.0 Å². The van der Waals surface area contributed by atoms with Crippen molar-refractivity contribution < 1.29 is 13.2 Å². The highest BCUT2D eigenvalue weighted by molar-refractivity contribution is 7.92. The minimum absolute atomic E-state index is 0.0428. The van der Waals surface area contributed by atoms with Gasteiger partial charge in [-0.2, -0.15) is 0 Å². The van der Waals surface area contributed by atoms with Crippen LogP contribution in [-0.4, -0.2) is 32.4 Å². The summed E-state index contributed by atoms with van der Waals surface area (Å²) in [4.78, 5) is 14.5. The van der Waals surface area contributed by atoms with E-state index >= 15 is 0 Å². The first-order valence-electron chi connectivity index (χ1n) is 9.50. The van der Waals surface area contributed by atoms with Gasteiger partial charge in [0.2, 0.25) is 5.91 Å². The molecule has 0 saturated heterocycles. The maximum absolute atomic E-state index is 12.8. The number of benzene rings is 2. The number of aryl methyl sites for hydroxylation is 3. The van der Waals surface area contributed by atoms with Crippen molar-refractivity contribution in [1.82, 2.24) is 0 Å². The zero-order chi connectivity index (χ0) is 19.4. The summed E-state index contributed by atoms with van der Waals surface area (Å²) in [6.07, 6.45) is 3.05. The standard InChI is InChI=1S/C22H27NO3S/c1-17-14-18(2)20-11-6-12-23(21(20)15-17)22(24)16-27(25,26)13-7-10-19-8-4-3-5-9-19/h3-5,8-9,14-15H,6-7,10-13,16H2,1-2H3. The van der Waals surface area contributed by atoms with Gasteiger partial charge >= 0.3 is 0 Å². The number of rotatable bonds is 6. The van der Waals surface area contributed by atoms with Gasteiger partial charge in [0.1, 0.15) is 5.75 Å². The second kappa shape index (κ2) is 8.26. The summed E-state index contributed by atoms with van der Waals surface area (Å²) in [7, 11) is -3.41. The molecule has 1 aliphatic rings. The van der Waals surface area contributed by atoms with Crippen molar-refractivity contribution >= 4 is 21.4 Å². The monoisotopic (exact) mass is 385 g/mol. The van der Waals surface area contributed by atoms with Crippen molar-refractivity contribution in [3.05, 3.63) is 64.7 Å². The third-order valence-corrected chi connectivity index (χ3v) is 6.70. The molecule has 0 aromatic heterocycles. The molecule has 0 spiro atoms. The van der Waals surface area contributed by atoms with Gasteiger partial charge in [-0.3, -0.25) is 4.79 Å². The van der Waals surface area contributed by atoms with E-state index in [1.807, 2.05) is 43.3 Å². The fourth-order valence-corrected chi connectivity index (χ4v) is 5.07. The van der Waals surface area contributed by atoms with Gasteiger partial charge in [0.25, 0.3) is 0 Å². The summed E-state index contributed by atoms with van der Waals surface area (Å²) >= 11 is 0. The number of hydrogen-bond donors (Lipinski definition) is 0. The van der Waals surface area contributed by atoms with Crippen LogP contribution in [0.2, 0.25) is 0 Å². The van der Waals surface area contributed by atoms with E-state index in [-0.39, 0.29) is 11.7 Å². The fourth-order valence-electron chi connectivity index (χ4n) is 3.81. The highest BCUT2D eigenvalue weighted by atomic mass is 32.2. The Hall–Kier alpha value is -2.14. The third-order valence-electron chi connectivity index (χ3n) is 5.10. The Morgan fingerprint density at radius 3 is 2.59 bits per heavy atom. The molecule has 0 radical (unpaired) electrons. The van der Waals surface area contributed by atoms with Crippen molar-refractivity contribution in [2.45, 2.75) is 39.5 Å². The van der Waals surface area contributed by atoms with Crippen LogP contribution in [0.4, 0.5) is 5.69 Å². The summed E-state index contributed by atoms with van der Waals surface area (Å²) in [5.74, 6) is -0.671. The molecule has 2 aromatic rings. The molecule has 3 rings (SSSR count). The Balaban J connectivity index is 1.65. The highest BCUT2D eigenvalue weighted by Crippen LogP contribution is 2.31. The lowest BCUT2D eigenvalue weighted by molar-refractivity contribution is -0.116. The Bertz CT molecular complexity index is 920. The quantitative estimate of drug-likeness (QED) is 0.763. The van der Waals surface area contributed by atoms with Gasteiger partial charge in [-0.25, -0.2) is 8.42 Å². The van der Waals surface area contributed by atoms with Crippen molar-refractivity contribution in [3.8, 4) is 0 Å². The van der Waals surface area contributed by atoms with Crippen molar-refractivity contribution in [2.75, 3.05) is 23.0 Å². The molecule has 1 heterocycles. The predicted octanol–water partition coefficient (Wildman–Crippen LogP) is 3.63. The molecule has 0 fully saturated rings. The molecular formula is C22H27NO3S. The van der Waals surface area contributed by atoms with Gasteiger partial charge < -0.3 is 4.90 Å². The minimum Gasteiger partial charge on any atom is -0.311 e. The molecule has 0 atom stereocenters.